The van der Waals surface area contributed by atoms with E-state index in [9.17, 15) is 4.79 Å². The Morgan fingerprint density at radius 2 is 2.21 bits per heavy atom. The number of nitriles is 1. The fourth-order valence-corrected chi connectivity index (χ4v) is 2.02. The largest absolute Gasteiger partial charge is 0.481 e. The predicted octanol–water partition coefficient (Wildman–Crippen LogP) is 3.37. The molecule has 0 spiro atoms. The minimum absolute atomic E-state index is 0.326. The molecule has 4 nitrogen and oxygen atoms in total. The molecule has 0 saturated heterocycles. The zero-order chi connectivity index (χ0) is 14.4. The van der Waals surface area contributed by atoms with Gasteiger partial charge < -0.3 is 10.4 Å². The molecule has 0 aliphatic heterocycles. The highest BCUT2D eigenvalue weighted by atomic mass is 35.5. The molecule has 1 atom stereocenters. The summed E-state index contributed by atoms with van der Waals surface area (Å²) in [4.78, 5) is 11.1. The van der Waals surface area contributed by atoms with Crippen molar-refractivity contribution in [2.24, 2.45) is 11.8 Å². The third kappa shape index (κ3) is 4.80. The quantitative estimate of drug-likeness (QED) is 0.838. The molecule has 5 heteroatoms. The molecular weight excluding hydrogens is 264 g/mol. The van der Waals surface area contributed by atoms with Crippen molar-refractivity contribution in [3.05, 3.63) is 28.8 Å². The molecule has 0 fully saturated rings. The van der Waals surface area contributed by atoms with Gasteiger partial charge >= 0.3 is 5.97 Å². The van der Waals surface area contributed by atoms with Crippen LogP contribution < -0.4 is 5.32 Å². The Labute approximate surface area is 118 Å². The number of anilines is 1. The first kappa shape index (κ1) is 15.3. The van der Waals surface area contributed by atoms with Gasteiger partial charge in [0.15, 0.2) is 0 Å². The number of aliphatic carboxylic acids is 1. The zero-order valence-corrected chi connectivity index (χ0v) is 11.7. The molecule has 0 heterocycles. The van der Waals surface area contributed by atoms with E-state index in [-0.39, 0.29) is 0 Å². The van der Waals surface area contributed by atoms with Gasteiger partial charge in [-0.3, -0.25) is 4.79 Å². The standard InChI is InChI=1S/C14H17ClN2O2/c1-9(2)5-11(14(18)19)8-17-12-4-3-10(7-16)13(15)6-12/h3-4,6,9,11,17H,5,8H2,1-2H3,(H,18,19). The second-order valence-electron chi connectivity index (χ2n) is 4.85. The molecule has 1 aromatic rings. The molecule has 1 rings (SSSR count). The monoisotopic (exact) mass is 280 g/mol. The smallest absolute Gasteiger partial charge is 0.308 e. The molecule has 0 aromatic heterocycles. The normalized spacial score (nSPS) is 11.9. The van der Waals surface area contributed by atoms with Crippen LogP contribution in [0.1, 0.15) is 25.8 Å². The predicted molar refractivity (Wildman–Crippen MR) is 75.2 cm³/mol. The maximum atomic E-state index is 11.1. The lowest BCUT2D eigenvalue weighted by Crippen LogP contribution is -2.24. The van der Waals surface area contributed by atoms with Crippen molar-refractivity contribution in [3.8, 4) is 6.07 Å². The highest BCUT2D eigenvalue weighted by molar-refractivity contribution is 6.32. The van der Waals surface area contributed by atoms with Gasteiger partial charge in [0, 0.05) is 12.2 Å². The van der Waals surface area contributed by atoms with Gasteiger partial charge in [-0.25, -0.2) is 0 Å². The fraction of sp³-hybridized carbons (Fsp3) is 0.429. The summed E-state index contributed by atoms with van der Waals surface area (Å²) < 4.78 is 0. The molecular formula is C14H17ClN2O2. The summed E-state index contributed by atoms with van der Waals surface area (Å²) in [6.45, 7) is 4.33. The van der Waals surface area contributed by atoms with Crippen molar-refractivity contribution in [2.75, 3.05) is 11.9 Å². The molecule has 0 radical (unpaired) electrons. The van der Waals surface area contributed by atoms with Crippen LogP contribution in [-0.2, 0) is 4.79 Å². The Balaban J connectivity index is 2.67. The lowest BCUT2D eigenvalue weighted by atomic mass is 9.97. The Morgan fingerprint density at radius 3 is 2.68 bits per heavy atom. The number of hydrogen-bond donors (Lipinski definition) is 2. The fourth-order valence-electron chi connectivity index (χ4n) is 1.80. The van der Waals surface area contributed by atoms with Crippen molar-refractivity contribution < 1.29 is 9.90 Å². The maximum Gasteiger partial charge on any atom is 0.308 e. The molecule has 0 amide bonds. The van der Waals surface area contributed by atoms with E-state index in [2.05, 4.69) is 5.32 Å². The summed E-state index contributed by atoms with van der Waals surface area (Å²) in [6, 6.07) is 6.95. The van der Waals surface area contributed by atoms with E-state index in [1.807, 2.05) is 19.9 Å². The number of benzene rings is 1. The molecule has 0 bridgehead atoms. The van der Waals surface area contributed by atoms with E-state index >= 15 is 0 Å². The van der Waals surface area contributed by atoms with Crippen molar-refractivity contribution in [3.63, 3.8) is 0 Å². The third-order valence-corrected chi connectivity index (χ3v) is 3.06. The van der Waals surface area contributed by atoms with Gasteiger partial charge in [0.1, 0.15) is 6.07 Å². The van der Waals surface area contributed by atoms with Crippen LogP contribution in [0.5, 0.6) is 0 Å². The van der Waals surface area contributed by atoms with Gasteiger partial charge in [-0.15, -0.1) is 0 Å². The van der Waals surface area contributed by atoms with Crippen molar-refractivity contribution in [1.82, 2.24) is 0 Å². The summed E-state index contributed by atoms with van der Waals surface area (Å²) in [5.74, 6) is -0.914. The minimum Gasteiger partial charge on any atom is -0.481 e. The van der Waals surface area contributed by atoms with Crippen LogP contribution in [0.4, 0.5) is 5.69 Å². The molecule has 1 unspecified atom stereocenters. The van der Waals surface area contributed by atoms with Gasteiger partial charge in [0.2, 0.25) is 0 Å². The minimum atomic E-state index is -0.805. The highest BCUT2D eigenvalue weighted by Crippen LogP contribution is 2.21. The Kier molecular flexibility index (Phi) is 5.65. The third-order valence-electron chi connectivity index (χ3n) is 2.75. The van der Waals surface area contributed by atoms with Crippen LogP contribution in [0, 0.1) is 23.2 Å². The van der Waals surface area contributed by atoms with Gasteiger partial charge in [-0.2, -0.15) is 5.26 Å². The summed E-state index contributed by atoms with van der Waals surface area (Å²) in [5, 5.41) is 21.3. The average molecular weight is 281 g/mol. The Hall–Kier alpha value is -1.73. The lowest BCUT2D eigenvalue weighted by molar-refractivity contribution is -0.141. The van der Waals surface area contributed by atoms with E-state index in [4.69, 9.17) is 22.0 Å². The van der Waals surface area contributed by atoms with E-state index in [1.165, 1.54) is 0 Å². The summed E-state index contributed by atoms with van der Waals surface area (Å²) >= 11 is 5.91. The Morgan fingerprint density at radius 1 is 1.53 bits per heavy atom. The van der Waals surface area contributed by atoms with E-state index in [1.54, 1.807) is 18.2 Å². The summed E-state index contributed by atoms with van der Waals surface area (Å²) in [6.07, 6.45) is 0.617. The molecule has 0 aliphatic rings. The average Bonchev–Trinajstić information content (AvgIpc) is 2.34. The first-order valence-corrected chi connectivity index (χ1v) is 6.48. The molecule has 0 aliphatic carbocycles. The second-order valence-corrected chi connectivity index (χ2v) is 5.26. The number of rotatable bonds is 6. The number of halogens is 1. The molecule has 102 valence electrons. The van der Waals surface area contributed by atoms with Crippen molar-refractivity contribution in [1.29, 1.82) is 5.26 Å². The number of nitrogens with one attached hydrogen (secondary N) is 1. The molecule has 2 N–H and O–H groups in total. The van der Waals surface area contributed by atoms with Crippen molar-refractivity contribution >= 4 is 23.3 Å². The van der Waals surface area contributed by atoms with Crippen LogP contribution in [0.25, 0.3) is 0 Å². The van der Waals surface area contributed by atoms with E-state index in [0.29, 0.717) is 29.5 Å². The number of carboxylic acid groups (broad SMARTS) is 1. The van der Waals surface area contributed by atoms with E-state index < -0.39 is 11.9 Å². The Bertz CT molecular complexity index is 495. The van der Waals surface area contributed by atoms with Gasteiger partial charge in [-0.1, -0.05) is 25.4 Å². The van der Waals surface area contributed by atoms with Crippen molar-refractivity contribution in [2.45, 2.75) is 20.3 Å². The summed E-state index contributed by atoms with van der Waals surface area (Å²) in [7, 11) is 0. The van der Waals surface area contributed by atoms with Crippen LogP contribution >= 0.6 is 11.6 Å². The zero-order valence-electron chi connectivity index (χ0n) is 11.0. The van der Waals surface area contributed by atoms with Crippen LogP contribution in [0.15, 0.2) is 18.2 Å². The lowest BCUT2D eigenvalue weighted by Gasteiger charge is -2.16. The molecule has 0 saturated carbocycles. The van der Waals surface area contributed by atoms with Crippen LogP contribution in [-0.4, -0.2) is 17.6 Å². The van der Waals surface area contributed by atoms with Gasteiger partial charge in [0.05, 0.1) is 16.5 Å². The van der Waals surface area contributed by atoms with Crippen LogP contribution in [0.2, 0.25) is 5.02 Å². The second kappa shape index (κ2) is 7.01. The highest BCUT2D eigenvalue weighted by Gasteiger charge is 2.18. The van der Waals surface area contributed by atoms with Gasteiger partial charge in [0.25, 0.3) is 0 Å². The first-order chi connectivity index (χ1) is 8.93. The van der Waals surface area contributed by atoms with Crippen LogP contribution in [0.3, 0.4) is 0 Å². The molecule has 1 aromatic carbocycles. The van der Waals surface area contributed by atoms with E-state index in [0.717, 1.165) is 5.69 Å². The molecule has 19 heavy (non-hydrogen) atoms. The number of carboxylic acids is 1. The SMILES string of the molecule is CC(C)CC(CNc1ccc(C#N)c(Cl)c1)C(=O)O. The topological polar surface area (TPSA) is 73.1 Å². The number of carbonyl (C=O) groups is 1. The van der Waals surface area contributed by atoms with Gasteiger partial charge in [-0.05, 0) is 30.5 Å². The number of hydrogen-bond acceptors (Lipinski definition) is 3. The number of nitrogens with zero attached hydrogens (tertiary/aromatic N) is 1. The summed E-state index contributed by atoms with van der Waals surface area (Å²) in [5.41, 5.74) is 1.13. The first-order valence-electron chi connectivity index (χ1n) is 6.10. The maximum absolute atomic E-state index is 11.1.